The summed E-state index contributed by atoms with van der Waals surface area (Å²) in [5.74, 6) is 1.22. The lowest BCUT2D eigenvalue weighted by molar-refractivity contribution is -0.121. The fraction of sp³-hybridized carbons (Fsp3) is 0.238. The van der Waals surface area contributed by atoms with Crippen molar-refractivity contribution in [2.45, 2.75) is 13.5 Å². The van der Waals surface area contributed by atoms with E-state index < -0.39 is 0 Å². The molecule has 8 heteroatoms. The van der Waals surface area contributed by atoms with Crippen LogP contribution in [0.25, 0.3) is 6.08 Å². The summed E-state index contributed by atoms with van der Waals surface area (Å²) in [6, 6.07) is 11.4. The molecule has 0 bridgehead atoms. The molecule has 0 aliphatic carbocycles. The van der Waals surface area contributed by atoms with Gasteiger partial charge < -0.3 is 9.47 Å². The lowest BCUT2D eigenvalue weighted by Crippen LogP contribution is -2.23. The van der Waals surface area contributed by atoms with E-state index in [4.69, 9.17) is 21.1 Å². The smallest absolute Gasteiger partial charge is 0.266 e. The number of hydrogen-bond donors (Lipinski definition) is 0. The first kappa shape index (κ1) is 22.0. The third-order valence-corrected chi connectivity index (χ3v) is 6.48. The van der Waals surface area contributed by atoms with Gasteiger partial charge in [-0.15, -0.1) is 0 Å². The minimum Gasteiger partial charge on any atom is -0.490 e. The van der Waals surface area contributed by atoms with E-state index in [2.05, 4.69) is 27.6 Å². The van der Waals surface area contributed by atoms with Crippen LogP contribution in [0, 0.1) is 3.57 Å². The number of rotatable bonds is 6. The van der Waals surface area contributed by atoms with Crippen LogP contribution in [-0.2, 0) is 11.4 Å². The van der Waals surface area contributed by atoms with Crippen molar-refractivity contribution in [3.05, 3.63) is 61.0 Å². The predicted molar refractivity (Wildman–Crippen MR) is 128 cm³/mol. The number of likely N-dealkylation sites (N-methyl/N-ethyl adjacent to an activating group) is 1. The second-order valence-corrected chi connectivity index (χ2v) is 8.70. The van der Waals surface area contributed by atoms with E-state index in [-0.39, 0.29) is 5.91 Å². The molecular weight excluding hydrogens is 523 g/mol. The molecule has 0 aromatic heterocycles. The minimum absolute atomic E-state index is 0.0670. The molecule has 0 N–H and O–H groups in total. The number of nitrogens with zero attached hydrogens (tertiary/aromatic N) is 2. The molecule has 0 spiro atoms. The molecule has 0 radical (unpaired) electrons. The van der Waals surface area contributed by atoms with Crippen LogP contribution in [-0.4, -0.2) is 36.7 Å². The van der Waals surface area contributed by atoms with Crippen molar-refractivity contribution in [1.29, 1.82) is 0 Å². The summed E-state index contributed by atoms with van der Waals surface area (Å²) >= 11 is 9.81. The molecule has 1 aliphatic heterocycles. The third-order valence-electron chi connectivity index (χ3n) is 4.15. The zero-order valence-corrected chi connectivity index (χ0v) is 20.0. The number of ether oxygens (including phenoxy) is 2. The zero-order chi connectivity index (χ0) is 21.0. The maximum atomic E-state index is 12.4. The van der Waals surface area contributed by atoms with Crippen molar-refractivity contribution in [3.8, 4) is 11.5 Å². The Labute approximate surface area is 193 Å². The number of hydrogen-bond acceptors (Lipinski definition) is 5. The van der Waals surface area contributed by atoms with Gasteiger partial charge in [-0.3, -0.25) is 14.7 Å². The van der Waals surface area contributed by atoms with Gasteiger partial charge >= 0.3 is 0 Å². The first-order valence-electron chi connectivity index (χ1n) is 8.91. The number of halogens is 2. The second-order valence-electron chi connectivity index (χ2n) is 6.12. The first-order chi connectivity index (χ1) is 13.9. The second kappa shape index (κ2) is 9.86. The Morgan fingerprint density at radius 2 is 2.03 bits per heavy atom. The van der Waals surface area contributed by atoms with Crippen LogP contribution in [0.4, 0.5) is 0 Å². The highest BCUT2D eigenvalue weighted by molar-refractivity contribution is 14.1. The van der Waals surface area contributed by atoms with Crippen molar-refractivity contribution >= 4 is 63.1 Å². The van der Waals surface area contributed by atoms with Gasteiger partial charge in [0.2, 0.25) is 0 Å². The highest BCUT2D eigenvalue weighted by Crippen LogP contribution is 2.37. The highest BCUT2D eigenvalue weighted by atomic mass is 127. The maximum Gasteiger partial charge on any atom is 0.266 e. The van der Waals surface area contributed by atoms with Crippen LogP contribution in [0.1, 0.15) is 18.1 Å². The Morgan fingerprint density at radius 1 is 1.28 bits per heavy atom. The van der Waals surface area contributed by atoms with E-state index in [1.165, 1.54) is 11.8 Å². The predicted octanol–water partition coefficient (Wildman–Crippen LogP) is 5.45. The molecule has 0 saturated carbocycles. The molecule has 1 amide bonds. The molecule has 29 heavy (non-hydrogen) atoms. The molecule has 1 heterocycles. The van der Waals surface area contributed by atoms with Crippen LogP contribution in [0.5, 0.6) is 11.5 Å². The number of aliphatic imine (C=N–C) groups is 1. The van der Waals surface area contributed by atoms with Crippen LogP contribution >= 0.6 is 46.0 Å². The van der Waals surface area contributed by atoms with Gasteiger partial charge in [-0.2, -0.15) is 0 Å². The molecule has 0 atom stereocenters. The summed E-state index contributed by atoms with van der Waals surface area (Å²) in [7, 11) is 3.40. The average molecular weight is 543 g/mol. The van der Waals surface area contributed by atoms with Gasteiger partial charge in [0, 0.05) is 24.7 Å². The lowest BCUT2D eigenvalue weighted by atomic mass is 10.1. The summed E-state index contributed by atoms with van der Waals surface area (Å²) in [5, 5.41) is 1.34. The van der Waals surface area contributed by atoms with Gasteiger partial charge in [0.1, 0.15) is 6.61 Å². The maximum absolute atomic E-state index is 12.4. The number of amidine groups is 1. The van der Waals surface area contributed by atoms with Crippen molar-refractivity contribution in [2.24, 2.45) is 4.99 Å². The highest BCUT2D eigenvalue weighted by Gasteiger charge is 2.29. The number of benzene rings is 2. The lowest BCUT2D eigenvalue weighted by Gasteiger charge is -2.15. The van der Waals surface area contributed by atoms with Crippen molar-refractivity contribution < 1.29 is 14.3 Å². The van der Waals surface area contributed by atoms with E-state index >= 15 is 0 Å². The summed E-state index contributed by atoms with van der Waals surface area (Å²) in [5.41, 5.74) is 1.77. The van der Waals surface area contributed by atoms with Crippen LogP contribution in [0.3, 0.4) is 0 Å². The summed E-state index contributed by atoms with van der Waals surface area (Å²) in [6.45, 7) is 2.76. The van der Waals surface area contributed by atoms with E-state index in [1.54, 1.807) is 19.0 Å². The summed E-state index contributed by atoms with van der Waals surface area (Å²) in [4.78, 5) is 18.7. The molecule has 2 aromatic carbocycles. The Hall–Kier alpha value is -1.71. The van der Waals surface area contributed by atoms with Gasteiger partial charge in [-0.05, 0) is 71.1 Å². The van der Waals surface area contributed by atoms with Crippen molar-refractivity contribution in [2.75, 3.05) is 20.7 Å². The van der Waals surface area contributed by atoms with Gasteiger partial charge in [0.25, 0.3) is 5.91 Å². The van der Waals surface area contributed by atoms with E-state index in [9.17, 15) is 4.79 Å². The molecule has 5 nitrogen and oxygen atoms in total. The third kappa shape index (κ3) is 5.07. The number of carbonyl (C=O) groups excluding carboxylic acids is 1. The van der Waals surface area contributed by atoms with Gasteiger partial charge in [0.15, 0.2) is 16.7 Å². The van der Waals surface area contributed by atoms with E-state index in [0.717, 1.165) is 14.7 Å². The normalized spacial score (nSPS) is 16.7. The molecule has 1 fully saturated rings. The Bertz CT molecular complexity index is 994. The zero-order valence-electron chi connectivity index (χ0n) is 16.2. The molecule has 1 saturated heterocycles. The number of thioether (sulfide) groups is 1. The fourth-order valence-corrected chi connectivity index (χ4v) is 4.64. The largest absolute Gasteiger partial charge is 0.490 e. The molecule has 3 rings (SSSR count). The average Bonchev–Trinajstić information content (AvgIpc) is 2.96. The Morgan fingerprint density at radius 3 is 2.69 bits per heavy atom. The standard InChI is InChI=1S/C21H20ClIN2O3S/c1-4-27-17-10-13(11-18-20(26)25(3)21(24-2)29-18)9-16(23)19(17)28-12-14-7-5-6-8-15(14)22/h5-11H,4,12H2,1-3H3/b18-11+,24-21?. The topological polar surface area (TPSA) is 51.1 Å². The summed E-state index contributed by atoms with van der Waals surface area (Å²) in [6.07, 6.45) is 1.85. The monoisotopic (exact) mass is 542 g/mol. The minimum atomic E-state index is -0.0670. The van der Waals surface area contributed by atoms with Gasteiger partial charge in [-0.1, -0.05) is 29.8 Å². The van der Waals surface area contributed by atoms with Gasteiger partial charge in [-0.25, -0.2) is 0 Å². The number of amides is 1. The van der Waals surface area contributed by atoms with E-state index in [0.29, 0.717) is 39.8 Å². The Balaban J connectivity index is 1.90. The molecular formula is C21H20ClIN2O3S. The molecule has 2 aromatic rings. The summed E-state index contributed by atoms with van der Waals surface area (Å²) < 4.78 is 12.8. The van der Waals surface area contributed by atoms with Crippen LogP contribution in [0.15, 0.2) is 46.3 Å². The first-order valence-corrected chi connectivity index (χ1v) is 11.2. The van der Waals surface area contributed by atoms with Crippen molar-refractivity contribution in [1.82, 2.24) is 4.90 Å². The Kier molecular flexibility index (Phi) is 7.48. The molecule has 152 valence electrons. The van der Waals surface area contributed by atoms with Crippen molar-refractivity contribution in [3.63, 3.8) is 0 Å². The fourth-order valence-electron chi connectivity index (χ4n) is 2.74. The quantitative estimate of drug-likeness (QED) is 0.360. The molecule has 1 aliphatic rings. The van der Waals surface area contributed by atoms with E-state index in [1.807, 2.05) is 49.4 Å². The van der Waals surface area contributed by atoms with Crippen LogP contribution < -0.4 is 9.47 Å². The van der Waals surface area contributed by atoms with Gasteiger partial charge in [0.05, 0.1) is 15.1 Å². The van der Waals surface area contributed by atoms with Crippen LogP contribution in [0.2, 0.25) is 5.02 Å². The number of carbonyl (C=O) groups is 1. The molecule has 0 unspecified atom stereocenters. The SMILES string of the molecule is CCOc1cc(/C=C2/SC(=NC)N(C)C2=O)cc(I)c1OCc1ccccc1Cl.